The Labute approximate surface area is 127 Å². The van der Waals surface area contributed by atoms with E-state index < -0.39 is 0 Å². The summed E-state index contributed by atoms with van der Waals surface area (Å²) in [6, 6.07) is 6.36. The van der Waals surface area contributed by atoms with Crippen molar-refractivity contribution in [1.29, 1.82) is 0 Å². The summed E-state index contributed by atoms with van der Waals surface area (Å²) in [5, 5.41) is 6.49. The van der Waals surface area contributed by atoms with Crippen LogP contribution in [0, 0.1) is 5.41 Å². The van der Waals surface area contributed by atoms with Crippen LogP contribution in [0.4, 0.5) is 5.69 Å². The van der Waals surface area contributed by atoms with Crippen LogP contribution < -0.4 is 15.4 Å². The number of benzene rings is 1. The first-order valence-electron chi connectivity index (χ1n) is 7.69. The molecule has 1 aliphatic heterocycles. The van der Waals surface area contributed by atoms with Crippen molar-refractivity contribution in [2.75, 3.05) is 18.5 Å². The lowest BCUT2D eigenvalue weighted by Crippen LogP contribution is -2.28. The standard InChI is InChI=1S/C17H26N2O2/c1-5-8-18-14(10-17(2,3)4)12-6-7-15-13(9-12)19-16(20)11-21-15/h6-7,9,14,18H,5,8,10-11H2,1-4H3,(H,19,20). The summed E-state index contributed by atoms with van der Waals surface area (Å²) in [6.07, 6.45) is 2.14. The minimum absolute atomic E-state index is 0.0893. The van der Waals surface area contributed by atoms with E-state index in [2.05, 4.69) is 44.4 Å². The minimum atomic E-state index is -0.0893. The zero-order chi connectivity index (χ0) is 15.5. The Bertz CT molecular complexity index is 506. The van der Waals surface area contributed by atoms with Crippen LogP contribution in [0.3, 0.4) is 0 Å². The third-order valence-electron chi connectivity index (χ3n) is 3.50. The van der Waals surface area contributed by atoms with Crippen molar-refractivity contribution >= 4 is 11.6 Å². The van der Waals surface area contributed by atoms with Crippen LogP contribution in [-0.2, 0) is 4.79 Å². The van der Waals surface area contributed by atoms with E-state index in [1.807, 2.05) is 12.1 Å². The normalized spacial score (nSPS) is 15.9. The maximum absolute atomic E-state index is 11.5. The van der Waals surface area contributed by atoms with Gasteiger partial charge in [-0.1, -0.05) is 33.8 Å². The van der Waals surface area contributed by atoms with Crippen LogP contribution in [0.15, 0.2) is 18.2 Å². The van der Waals surface area contributed by atoms with Crippen LogP contribution in [0.25, 0.3) is 0 Å². The van der Waals surface area contributed by atoms with Crippen LogP contribution in [0.5, 0.6) is 5.75 Å². The van der Waals surface area contributed by atoms with Crippen molar-refractivity contribution in [2.24, 2.45) is 5.41 Å². The average molecular weight is 290 g/mol. The third kappa shape index (κ3) is 4.46. The second kappa shape index (κ2) is 6.48. The summed E-state index contributed by atoms with van der Waals surface area (Å²) < 4.78 is 5.42. The summed E-state index contributed by atoms with van der Waals surface area (Å²) in [5.74, 6) is 0.664. The smallest absolute Gasteiger partial charge is 0.262 e. The zero-order valence-corrected chi connectivity index (χ0v) is 13.5. The molecule has 2 rings (SSSR count). The van der Waals surface area contributed by atoms with E-state index in [4.69, 9.17) is 4.74 Å². The number of hydrogen-bond acceptors (Lipinski definition) is 3. The highest BCUT2D eigenvalue weighted by Gasteiger charge is 2.22. The Balaban J connectivity index is 2.22. The van der Waals surface area contributed by atoms with Gasteiger partial charge in [-0.25, -0.2) is 0 Å². The molecule has 1 unspecified atom stereocenters. The van der Waals surface area contributed by atoms with Gasteiger partial charge in [-0.15, -0.1) is 0 Å². The molecule has 0 radical (unpaired) electrons. The molecule has 2 N–H and O–H groups in total. The highest BCUT2D eigenvalue weighted by Crippen LogP contribution is 2.34. The fourth-order valence-corrected chi connectivity index (χ4v) is 2.56. The number of ether oxygens (including phenoxy) is 1. The molecule has 1 atom stereocenters. The van der Waals surface area contributed by atoms with Crippen molar-refractivity contribution < 1.29 is 9.53 Å². The average Bonchev–Trinajstić information content (AvgIpc) is 2.41. The fraction of sp³-hybridized carbons (Fsp3) is 0.588. The molecule has 4 nitrogen and oxygen atoms in total. The molecule has 0 saturated heterocycles. The van der Waals surface area contributed by atoms with Gasteiger partial charge in [0.15, 0.2) is 6.61 Å². The van der Waals surface area contributed by atoms with Crippen LogP contribution in [0.1, 0.15) is 52.1 Å². The van der Waals surface area contributed by atoms with Gasteiger partial charge in [-0.3, -0.25) is 4.79 Å². The first-order valence-corrected chi connectivity index (χ1v) is 7.69. The SMILES string of the molecule is CCCNC(CC(C)(C)C)c1ccc2c(c1)NC(=O)CO2. The molecule has 4 heteroatoms. The van der Waals surface area contributed by atoms with Gasteiger partial charge < -0.3 is 15.4 Å². The molecular weight excluding hydrogens is 264 g/mol. The fourth-order valence-electron chi connectivity index (χ4n) is 2.56. The Kier molecular flexibility index (Phi) is 4.88. The lowest BCUT2D eigenvalue weighted by Gasteiger charge is -2.28. The Hall–Kier alpha value is -1.55. The van der Waals surface area contributed by atoms with E-state index in [1.165, 1.54) is 5.56 Å². The van der Waals surface area contributed by atoms with Gasteiger partial charge in [0, 0.05) is 6.04 Å². The number of hydrogen-bond donors (Lipinski definition) is 2. The van der Waals surface area contributed by atoms with E-state index in [0.29, 0.717) is 0 Å². The molecule has 0 saturated carbocycles. The number of fused-ring (bicyclic) bond motifs is 1. The number of carbonyl (C=O) groups excluding carboxylic acids is 1. The molecule has 116 valence electrons. The molecule has 1 aromatic rings. The lowest BCUT2D eigenvalue weighted by atomic mass is 9.85. The van der Waals surface area contributed by atoms with Gasteiger partial charge in [-0.05, 0) is 42.5 Å². The van der Waals surface area contributed by atoms with E-state index in [9.17, 15) is 4.79 Å². The van der Waals surface area contributed by atoms with Crippen molar-refractivity contribution in [3.8, 4) is 5.75 Å². The highest BCUT2D eigenvalue weighted by molar-refractivity contribution is 5.95. The van der Waals surface area contributed by atoms with Gasteiger partial charge in [0.1, 0.15) is 5.75 Å². The van der Waals surface area contributed by atoms with Gasteiger partial charge in [0.25, 0.3) is 5.91 Å². The Morgan fingerprint density at radius 1 is 1.38 bits per heavy atom. The lowest BCUT2D eigenvalue weighted by molar-refractivity contribution is -0.118. The molecule has 0 aliphatic carbocycles. The molecule has 1 aliphatic rings. The molecule has 0 bridgehead atoms. The van der Waals surface area contributed by atoms with E-state index in [0.717, 1.165) is 30.8 Å². The monoisotopic (exact) mass is 290 g/mol. The second-order valence-electron chi connectivity index (χ2n) is 6.86. The molecule has 0 aromatic heterocycles. The molecular formula is C17H26N2O2. The number of nitrogens with one attached hydrogen (secondary N) is 2. The molecule has 1 aromatic carbocycles. The Morgan fingerprint density at radius 3 is 2.81 bits per heavy atom. The van der Waals surface area contributed by atoms with Crippen LogP contribution in [-0.4, -0.2) is 19.1 Å². The van der Waals surface area contributed by atoms with Gasteiger partial charge in [0.2, 0.25) is 0 Å². The topological polar surface area (TPSA) is 50.4 Å². The Morgan fingerprint density at radius 2 is 2.14 bits per heavy atom. The van der Waals surface area contributed by atoms with Crippen molar-refractivity contribution in [1.82, 2.24) is 5.32 Å². The zero-order valence-electron chi connectivity index (χ0n) is 13.5. The molecule has 21 heavy (non-hydrogen) atoms. The van der Waals surface area contributed by atoms with Crippen molar-refractivity contribution in [3.63, 3.8) is 0 Å². The van der Waals surface area contributed by atoms with E-state index >= 15 is 0 Å². The predicted molar refractivity (Wildman–Crippen MR) is 85.7 cm³/mol. The van der Waals surface area contributed by atoms with E-state index in [1.54, 1.807) is 0 Å². The summed E-state index contributed by atoms with van der Waals surface area (Å²) in [5.41, 5.74) is 2.21. The first kappa shape index (κ1) is 15.8. The summed E-state index contributed by atoms with van der Waals surface area (Å²) >= 11 is 0. The van der Waals surface area contributed by atoms with Crippen molar-refractivity contribution in [2.45, 2.75) is 46.6 Å². The quantitative estimate of drug-likeness (QED) is 0.872. The van der Waals surface area contributed by atoms with Gasteiger partial charge >= 0.3 is 0 Å². The largest absolute Gasteiger partial charge is 0.482 e. The molecule has 1 heterocycles. The van der Waals surface area contributed by atoms with Gasteiger partial charge in [-0.2, -0.15) is 0 Å². The van der Waals surface area contributed by atoms with E-state index in [-0.39, 0.29) is 24.0 Å². The summed E-state index contributed by atoms with van der Waals surface area (Å²) in [7, 11) is 0. The second-order valence-corrected chi connectivity index (χ2v) is 6.86. The maximum atomic E-state index is 11.5. The number of rotatable bonds is 5. The molecule has 1 amide bonds. The third-order valence-corrected chi connectivity index (χ3v) is 3.50. The summed E-state index contributed by atoms with van der Waals surface area (Å²) in [6.45, 7) is 10.00. The number of amides is 1. The number of carbonyl (C=O) groups is 1. The highest BCUT2D eigenvalue weighted by atomic mass is 16.5. The summed E-state index contributed by atoms with van der Waals surface area (Å²) in [4.78, 5) is 11.5. The maximum Gasteiger partial charge on any atom is 0.262 e. The van der Waals surface area contributed by atoms with Crippen LogP contribution >= 0.6 is 0 Å². The molecule has 0 spiro atoms. The molecule has 0 fully saturated rings. The predicted octanol–water partition coefficient (Wildman–Crippen LogP) is 3.49. The first-order chi connectivity index (χ1) is 9.89. The van der Waals surface area contributed by atoms with Crippen molar-refractivity contribution in [3.05, 3.63) is 23.8 Å². The number of anilines is 1. The van der Waals surface area contributed by atoms with Crippen LogP contribution in [0.2, 0.25) is 0 Å². The van der Waals surface area contributed by atoms with Gasteiger partial charge in [0.05, 0.1) is 5.69 Å². The minimum Gasteiger partial charge on any atom is -0.482 e.